The minimum atomic E-state index is -1.19. The number of ether oxygens (including phenoxy) is 1. The molecule has 0 saturated heterocycles. The van der Waals surface area contributed by atoms with Gasteiger partial charge in [-0.15, -0.1) is 0 Å². The van der Waals surface area contributed by atoms with E-state index < -0.39 is 11.9 Å². The lowest BCUT2D eigenvalue weighted by atomic mass is 10.3. The Bertz CT molecular complexity index is 468. The van der Waals surface area contributed by atoms with Crippen LogP contribution in [-0.2, 0) is 9.53 Å². The lowest BCUT2D eigenvalue weighted by molar-refractivity contribution is -0.120. The molecule has 2 amide bonds. The summed E-state index contributed by atoms with van der Waals surface area (Å²) in [5.74, 6) is -2.40. The summed E-state index contributed by atoms with van der Waals surface area (Å²) in [6.45, 7) is 0.487. The topological polar surface area (TPSA) is 118 Å². The van der Waals surface area contributed by atoms with Crippen LogP contribution in [0.5, 0.6) is 0 Å². The second kappa shape index (κ2) is 7.17. The van der Waals surface area contributed by atoms with Crippen molar-refractivity contribution in [3.05, 3.63) is 23.7 Å². The van der Waals surface area contributed by atoms with E-state index in [1.165, 1.54) is 7.11 Å². The number of hydrogen-bond donors (Lipinski definition) is 3. The molecule has 0 saturated carbocycles. The fourth-order valence-electron chi connectivity index (χ4n) is 1.17. The Labute approximate surface area is 108 Å². The Morgan fingerprint density at radius 1 is 1.37 bits per heavy atom. The second-order valence-corrected chi connectivity index (χ2v) is 3.53. The summed E-state index contributed by atoms with van der Waals surface area (Å²) < 4.78 is 9.51. The highest BCUT2D eigenvalue weighted by atomic mass is 16.5. The van der Waals surface area contributed by atoms with E-state index >= 15 is 0 Å². The standard InChI is InChI=1S/C11H14N2O6/c1-18-3-2-12-9(14)5-13-10(15)8-4-7(6-19-8)11(16)17/h4,6H,2-3,5H2,1H3,(H,12,14)(H,13,15)(H,16,17). The Hall–Kier alpha value is -2.35. The van der Waals surface area contributed by atoms with Gasteiger partial charge in [0.25, 0.3) is 5.91 Å². The van der Waals surface area contributed by atoms with E-state index in [0.717, 1.165) is 12.3 Å². The van der Waals surface area contributed by atoms with Crippen molar-refractivity contribution >= 4 is 17.8 Å². The van der Waals surface area contributed by atoms with Gasteiger partial charge in [0.15, 0.2) is 5.76 Å². The van der Waals surface area contributed by atoms with E-state index in [9.17, 15) is 14.4 Å². The Kier molecular flexibility index (Phi) is 5.55. The van der Waals surface area contributed by atoms with Gasteiger partial charge < -0.3 is 24.9 Å². The van der Waals surface area contributed by atoms with Gasteiger partial charge in [-0.1, -0.05) is 0 Å². The zero-order valence-corrected chi connectivity index (χ0v) is 10.3. The van der Waals surface area contributed by atoms with Gasteiger partial charge in [-0.05, 0) is 0 Å². The van der Waals surface area contributed by atoms with Crippen LogP contribution in [0.25, 0.3) is 0 Å². The van der Waals surface area contributed by atoms with E-state index in [0.29, 0.717) is 13.2 Å². The number of amides is 2. The van der Waals surface area contributed by atoms with Gasteiger partial charge in [0.05, 0.1) is 18.7 Å². The molecule has 3 N–H and O–H groups in total. The molecule has 0 fully saturated rings. The van der Waals surface area contributed by atoms with Gasteiger partial charge in [-0.2, -0.15) is 0 Å². The molecule has 0 radical (unpaired) electrons. The van der Waals surface area contributed by atoms with Gasteiger partial charge in [0, 0.05) is 19.7 Å². The molecule has 1 aromatic heterocycles. The van der Waals surface area contributed by atoms with Crippen LogP contribution in [0.3, 0.4) is 0 Å². The van der Waals surface area contributed by atoms with Crippen LogP contribution in [0.4, 0.5) is 0 Å². The number of rotatable bonds is 7. The van der Waals surface area contributed by atoms with Crippen LogP contribution in [0.1, 0.15) is 20.9 Å². The third-order valence-electron chi connectivity index (χ3n) is 2.11. The van der Waals surface area contributed by atoms with Gasteiger partial charge in [-0.25, -0.2) is 4.79 Å². The predicted octanol–water partition coefficient (Wildman–Crippen LogP) is -0.530. The Morgan fingerprint density at radius 3 is 2.68 bits per heavy atom. The highest BCUT2D eigenvalue weighted by Crippen LogP contribution is 2.07. The summed E-state index contributed by atoms with van der Waals surface area (Å²) in [6.07, 6.45) is 0.954. The molecular formula is C11H14N2O6. The van der Waals surface area contributed by atoms with Crippen molar-refractivity contribution in [2.45, 2.75) is 0 Å². The van der Waals surface area contributed by atoms with Crippen molar-refractivity contribution in [2.24, 2.45) is 0 Å². The van der Waals surface area contributed by atoms with Crippen molar-refractivity contribution in [3.8, 4) is 0 Å². The molecule has 8 nitrogen and oxygen atoms in total. The molecule has 104 valence electrons. The van der Waals surface area contributed by atoms with Crippen molar-refractivity contribution in [3.63, 3.8) is 0 Å². The summed E-state index contributed by atoms with van der Waals surface area (Å²) in [6, 6.07) is 1.08. The predicted molar refractivity (Wildman–Crippen MR) is 62.9 cm³/mol. The number of furan rings is 1. The van der Waals surface area contributed by atoms with Crippen molar-refractivity contribution in [1.29, 1.82) is 0 Å². The van der Waals surface area contributed by atoms with E-state index in [1.807, 2.05) is 0 Å². The first-order valence-electron chi connectivity index (χ1n) is 5.40. The molecule has 1 heterocycles. The smallest absolute Gasteiger partial charge is 0.338 e. The van der Waals surface area contributed by atoms with E-state index in [2.05, 4.69) is 10.6 Å². The van der Waals surface area contributed by atoms with Gasteiger partial charge in [0.2, 0.25) is 5.91 Å². The maximum absolute atomic E-state index is 11.5. The quantitative estimate of drug-likeness (QED) is 0.573. The summed E-state index contributed by atoms with van der Waals surface area (Å²) in [5.41, 5.74) is -0.130. The highest BCUT2D eigenvalue weighted by molar-refractivity contribution is 5.97. The molecule has 1 aromatic rings. The molecule has 8 heteroatoms. The first-order chi connectivity index (χ1) is 9.04. The summed E-state index contributed by atoms with van der Waals surface area (Å²) in [7, 11) is 1.50. The zero-order chi connectivity index (χ0) is 14.3. The van der Waals surface area contributed by atoms with E-state index in [1.54, 1.807) is 0 Å². The Morgan fingerprint density at radius 2 is 2.11 bits per heavy atom. The van der Waals surface area contributed by atoms with Gasteiger partial charge >= 0.3 is 5.97 Å². The zero-order valence-electron chi connectivity index (χ0n) is 10.3. The molecule has 1 rings (SSSR count). The van der Waals surface area contributed by atoms with Crippen LogP contribution in [-0.4, -0.2) is 49.7 Å². The minimum Gasteiger partial charge on any atom is -0.478 e. The summed E-state index contributed by atoms with van der Waals surface area (Å²) in [5, 5.41) is 13.5. The van der Waals surface area contributed by atoms with Gasteiger partial charge in [-0.3, -0.25) is 9.59 Å². The third-order valence-corrected chi connectivity index (χ3v) is 2.11. The molecule has 0 aliphatic heterocycles. The van der Waals surface area contributed by atoms with Crippen molar-refractivity contribution < 1.29 is 28.6 Å². The number of carboxylic acids is 1. The average molecular weight is 270 g/mol. The number of methoxy groups -OCH3 is 1. The van der Waals surface area contributed by atoms with Crippen LogP contribution in [0.2, 0.25) is 0 Å². The van der Waals surface area contributed by atoms with Crippen molar-refractivity contribution in [1.82, 2.24) is 10.6 Å². The number of hydrogen-bond acceptors (Lipinski definition) is 5. The second-order valence-electron chi connectivity index (χ2n) is 3.53. The fourth-order valence-corrected chi connectivity index (χ4v) is 1.17. The van der Waals surface area contributed by atoms with Crippen LogP contribution >= 0.6 is 0 Å². The van der Waals surface area contributed by atoms with Crippen LogP contribution in [0.15, 0.2) is 16.7 Å². The maximum Gasteiger partial charge on any atom is 0.338 e. The SMILES string of the molecule is COCCNC(=O)CNC(=O)c1cc(C(=O)O)co1. The minimum absolute atomic E-state index is 0.130. The normalized spacial score (nSPS) is 9.95. The molecule has 0 bridgehead atoms. The van der Waals surface area contributed by atoms with Crippen LogP contribution < -0.4 is 10.6 Å². The largest absolute Gasteiger partial charge is 0.478 e. The monoisotopic (exact) mass is 270 g/mol. The summed E-state index contributed by atoms with van der Waals surface area (Å²) in [4.78, 5) is 33.4. The highest BCUT2D eigenvalue weighted by Gasteiger charge is 2.15. The molecule has 0 spiro atoms. The molecule has 19 heavy (non-hydrogen) atoms. The number of carbonyl (C=O) groups is 3. The molecular weight excluding hydrogens is 256 g/mol. The first kappa shape index (κ1) is 14.7. The first-order valence-corrected chi connectivity index (χ1v) is 5.40. The van der Waals surface area contributed by atoms with Crippen LogP contribution in [0, 0.1) is 0 Å². The number of carbonyl (C=O) groups excluding carboxylic acids is 2. The molecule has 0 aromatic carbocycles. The number of nitrogens with one attached hydrogen (secondary N) is 2. The fraction of sp³-hybridized carbons (Fsp3) is 0.364. The average Bonchev–Trinajstić information content (AvgIpc) is 2.86. The number of carboxylic acid groups (broad SMARTS) is 1. The number of aromatic carboxylic acids is 1. The summed E-state index contributed by atoms with van der Waals surface area (Å²) >= 11 is 0. The molecule has 0 aliphatic rings. The van der Waals surface area contributed by atoms with Crippen molar-refractivity contribution in [2.75, 3.05) is 26.8 Å². The van der Waals surface area contributed by atoms with Gasteiger partial charge in [0.1, 0.15) is 6.26 Å². The molecule has 0 atom stereocenters. The molecule has 0 aliphatic carbocycles. The molecule has 0 unspecified atom stereocenters. The van der Waals surface area contributed by atoms with E-state index in [-0.39, 0.29) is 23.8 Å². The Balaban J connectivity index is 2.38. The maximum atomic E-state index is 11.5. The third kappa shape index (κ3) is 4.80. The lowest BCUT2D eigenvalue weighted by Crippen LogP contribution is -2.38. The van der Waals surface area contributed by atoms with E-state index in [4.69, 9.17) is 14.3 Å². The lowest BCUT2D eigenvalue weighted by Gasteiger charge is -2.04.